The maximum Gasteiger partial charge on any atom is 0.335 e. The number of benzene rings is 2. The van der Waals surface area contributed by atoms with Crippen molar-refractivity contribution in [3.05, 3.63) is 58.6 Å². The van der Waals surface area contributed by atoms with Crippen LogP contribution < -0.4 is 10.2 Å². The van der Waals surface area contributed by atoms with E-state index in [1.165, 1.54) is 19.1 Å². The predicted molar refractivity (Wildman–Crippen MR) is 107 cm³/mol. The number of aromatic carboxylic acids is 1. The Morgan fingerprint density at radius 2 is 1.57 bits per heavy atom. The van der Waals surface area contributed by atoms with E-state index in [0.717, 1.165) is 5.69 Å². The van der Waals surface area contributed by atoms with Crippen LogP contribution in [0.5, 0.6) is 0 Å². The monoisotopic (exact) mass is 401 g/mol. The Kier molecular flexibility index (Phi) is 5.84. The number of carboxylic acids is 1. The number of amides is 2. The third-order valence-corrected chi connectivity index (χ3v) is 4.92. The smallest absolute Gasteiger partial charge is 0.335 e. The maximum atomic E-state index is 12.6. The van der Waals surface area contributed by atoms with E-state index in [1.54, 1.807) is 35.2 Å². The highest BCUT2D eigenvalue weighted by atomic mass is 35.5. The number of nitrogens with zero attached hydrogens (tertiary/aromatic N) is 2. The minimum absolute atomic E-state index is 0.0251. The van der Waals surface area contributed by atoms with Gasteiger partial charge in [0.15, 0.2) is 0 Å². The zero-order chi connectivity index (χ0) is 20.3. The van der Waals surface area contributed by atoms with E-state index in [9.17, 15) is 19.5 Å². The summed E-state index contributed by atoms with van der Waals surface area (Å²) < 4.78 is 0. The summed E-state index contributed by atoms with van der Waals surface area (Å²) in [5.41, 5.74) is 1.63. The van der Waals surface area contributed by atoms with Gasteiger partial charge < -0.3 is 20.2 Å². The molecule has 0 bridgehead atoms. The van der Waals surface area contributed by atoms with E-state index in [1.807, 2.05) is 4.90 Å². The fraction of sp³-hybridized carbons (Fsp3) is 0.250. The normalized spacial score (nSPS) is 13.9. The summed E-state index contributed by atoms with van der Waals surface area (Å²) in [6.45, 7) is 3.86. The van der Waals surface area contributed by atoms with Gasteiger partial charge in [0.05, 0.1) is 16.9 Å². The zero-order valence-electron chi connectivity index (χ0n) is 15.3. The summed E-state index contributed by atoms with van der Waals surface area (Å²) in [5, 5.41) is 12.6. The van der Waals surface area contributed by atoms with Crippen LogP contribution in [0.15, 0.2) is 42.5 Å². The second-order valence-corrected chi connectivity index (χ2v) is 6.93. The third kappa shape index (κ3) is 4.43. The molecule has 2 aromatic carbocycles. The summed E-state index contributed by atoms with van der Waals surface area (Å²) in [6.07, 6.45) is 0. The zero-order valence-corrected chi connectivity index (χ0v) is 16.1. The molecule has 2 N–H and O–H groups in total. The topological polar surface area (TPSA) is 90.0 Å². The second-order valence-electron chi connectivity index (χ2n) is 6.49. The van der Waals surface area contributed by atoms with Crippen molar-refractivity contribution in [2.45, 2.75) is 6.92 Å². The molecule has 146 valence electrons. The fourth-order valence-corrected chi connectivity index (χ4v) is 3.23. The van der Waals surface area contributed by atoms with Gasteiger partial charge in [0.1, 0.15) is 0 Å². The van der Waals surface area contributed by atoms with Gasteiger partial charge in [-0.1, -0.05) is 11.6 Å². The average Bonchev–Trinajstić information content (AvgIpc) is 2.68. The minimum atomic E-state index is -1.07. The first kappa shape index (κ1) is 19.7. The number of halogens is 1. The third-order valence-electron chi connectivity index (χ3n) is 4.66. The largest absolute Gasteiger partial charge is 0.478 e. The van der Waals surface area contributed by atoms with Crippen molar-refractivity contribution >= 4 is 40.8 Å². The molecule has 1 heterocycles. The first-order valence-corrected chi connectivity index (χ1v) is 9.17. The Morgan fingerprint density at radius 3 is 2.14 bits per heavy atom. The van der Waals surface area contributed by atoms with E-state index in [0.29, 0.717) is 42.5 Å². The van der Waals surface area contributed by atoms with Crippen LogP contribution in [0.2, 0.25) is 5.02 Å². The lowest BCUT2D eigenvalue weighted by molar-refractivity contribution is -0.129. The molecule has 0 atom stereocenters. The van der Waals surface area contributed by atoms with Gasteiger partial charge in [-0.05, 0) is 42.5 Å². The number of carbonyl (C=O) groups excluding carboxylic acids is 2. The van der Waals surface area contributed by atoms with Crippen LogP contribution in [0.25, 0.3) is 0 Å². The molecule has 7 nitrogen and oxygen atoms in total. The first-order chi connectivity index (χ1) is 13.3. The molecule has 1 aliphatic rings. The van der Waals surface area contributed by atoms with E-state index in [2.05, 4.69) is 5.32 Å². The Balaban J connectivity index is 1.86. The number of piperazine rings is 1. The van der Waals surface area contributed by atoms with Crippen molar-refractivity contribution < 1.29 is 19.5 Å². The quantitative estimate of drug-likeness (QED) is 0.822. The lowest BCUT2D eigenvalue weighted by atomic mass is 10.1. The predicted octanol–water partition coefficient (Wildman–Crippen LogP) is 2.96. The number of anilines is 2. The summed E-state index contributed by atoms with van der Waals surface area (Å²) in [6, 6.07) is 11.1. The van der Waals surface area contributed by atoms with Crippen molar-refractivity contribution in [3.63, 3.8) is 0 Å². The van der Waals surface area contributed by atoms with Crippen molar-refractivity contribution in [2.24, 2.45) is 0 Å². The van der Waals surface area contributed by atoms with Crippen LogP contribution in [-0.2, 0) is 4.79 Å². The minimum Gasteiger partial charge on any atom is -0.478 e. The molecule has 0 unspecified atom stereocenters. The van der Waals surface area contributed by atoms with E-state index in [-0.39, 0.29) is 17.4 Å². The maximum absolute atomic E-state index is 12.6. The molecule has 0 radical (unpaired) electrons. The molecule has 0 saturated carbocycles. The van der Waals surface area contributed by atoms with E-state index in [4.69, 9.17) is 11.6 Å². The van der Waals surface area contributed by atoms with Gasteiger partial charge in [-0.2, -0.15) is 0 Å². The Morgan fingerprint density at radius 1 is 0.964 bits per heavy atom. The van der Waals surface area contributed by atoms with Crippen molar-refractivity contribution in [2.75, 3.05) is 36.4 Å². The lowest BCUT2D eigenvalue weighted by Crippen LogP contribution is -2.48. The van der Waals surface area contributed by atoms with Gasteiger partial charge in [0.2, 0.25) is 5.91 Å². The molecule has 8 heteroatoms. The standard InChI is InChI=1S/C20H20ClN3O4/c1-13(25)23-8-10-24(11-9-23)18-7-4-15(20(27)28)12-17(18)22-19(26)14-2-5-16(21)6-3-14/h2-7,12H,8-11H2,1H3,(H,22,26)(H,27,28). The number of hydrogen-bond acceptors (Lipinski definition) is 4. The highest BCUT2D eigenvalue weighted by molar-refractivity contribution is 6.30. The number of nitrogens with one attached hydrogen (secondary N) is 1. The van der Waals surface area contributed by atoms with E-state index < -0.39 is 5.97 Å². The fourth-order valence-electron chi connectivity index (χ4n) is 3.10. The summed E-state index contributed by atoms with van der Waals surface area (Å²) in [5.74, 6) is -1.41. The van der Waals surface area contributed by atoms with Crippen LogP contribution in [0.3, 0.4) is 0 Å². The number of rotatable bonds is 4. The molecule has 1 aliphatic heterocycles. The number of hydrogen-bond donors (Lipinski definition) is 2. The molecule has 28 heavy (non-hydrogen) atoms. The van der Waals surface area contributed by atoms with Crippen molar-refractivity contribution in [1.82, 2.24) is 4.90 Å². The Bertz CT molecular complexity index is 906. The lowest BCUT2D eigenvalue weighted by Gasteiger charge is -2.36. The van der Waals surface area contributed by atoms with E-state index >= 15 is 0 Å². The first-order valence-electron chi connectivity index (χ1n) is 8.80. The molecular weight excluding hydrogens is 382 g/mol. The molecule has 2 aromatic rings. The molecule has 0 aromatic heterocycles. The number of carboxylic acid groups (broad SMARTS) is 1. The highest BCUT2D eigenvalue weighted by Crippen LogP contribution is 2.29. The SMILES string of the molecule is CC(=O)N1CCN(c2ccc(C(=O)O)cc2NC(=O)c2ccc(Cl)cc2)CC1. The van der Waals surface area contributed by atoms with Crippen molar-refractivity contribution in [1.29, 1.82) is 0 Å². The van der Waals surface area contributed by atoms with Gasteiger partial charge in [0, 0.05) is 43.7 Å². The molecule has 1 saturated heterocycles. The molecule has 0 spiro atoms. The van der Waals surface area contributed by atoms with Crippen LogP contribution >= 0.6 is 11.6 Å². The van der Waals surface area contributed by atoms with Gasteiger partial charge in [-0.25, -0.2) is 4.79 Å². The van der Waals surface area contributed by atoms with Gasteiger partial charge in [0.25, 0.3) is 5.91 Å². The van der Waals surface area contributed by atoms with Crippen molar-refractivity contribution in [3.8, 4) is 0 Å². The average molecular weight is 402 g/mol. The Hall–Kier alpha value is -3.06. The molecule has 0 aliphatic carbocycles. The molecule has 2 amide bonds. The van der Waals surface area contributed by atoms with Crippen LogP contribution in [-0.4, -0.2) is 54.0 Å². The van der Waals surface area contributed by atoms with Crippen LogP contribution in [0, 0.1) is 0 Å². The summed E-state index contributed by atoms with van der Waals surface area (Å²) in [7, 11) is 0. The molecule has 1 fully saturated rings. The molecule has 3 rings (SSSR count). The van der Waals surface area contributed by atoms with Gasteiger partial charge in [-0.3, -0.25) is 9.59 Å². The number of carbonyl (C=O) groups is 3. The second kappa shape index (κ2) is 8.31. The Labute approximate surface area is 167 Å². The summed E-state index contributed by atoms with van der Waals surface area (Å²) >= 11 is 5.86. The molecular formula is C20H20ClN3O4. The van der Waals surface area contributed by atoms with Crippen LogP contribution in [0.1, 0.15) is 27.6 Å². The summed E-state index contributed by atoms with van der Waals surface area (Å²) in [4.78, 5) is 39.3. The highest BCUT2D eigenvalue weighted by Gasteiger charge is 2.22. The van der Waals surface area contributed by atoms with Crippen LogP contribution in [0.4, 0.5) is 11.4 Å². The van der Waals surface area contributed by atoms with Gasteiger partial charge >= 0.3 is 5.97 Å². The van der Waals surface area contributed by atoms with Gasteiger partial charge in [-0.15, -0.1) is 0 Å².